The Kier molecular flexibility index (Phi) is 5.69. The van der Waals surface area contributed by atoms with Crippen molar-refractivity contribution in [3.63, 3.8) is 0 Å². The number of carbonyl (C=O) groups excluding carboxylic acids is 2. The number of amides is 2. The fraction of sp³-hybridized carbons (Fsp3) is 0.263. The summed E-state index contributed by atoms with van der Waals surface area (Å²) in [5, 5.41) is 3.64. The van der Waals surface area contributed by atoms with Crippen molar-refractivity contribution in [2.75, 3.05) is 19.0 Å². The average molecular weight is 393 g/mol. The number of ether oxygens (including phenoxy) is 1. The fourth-order valence-electron chi connectivity index (χ4n) is 2.99. The van der Waals surface area contributed by atoms with E-state index >= 15 is 0 Å². The SMILES string of the molecule is COc1ccc(C(=O)N2CCC[C@H]2C(=O)Nc2ccc(Cl)cc2Cl)cc1. The minimum Gasteiger partial charge on any atom is -0.497 e. The first-order chi connectivity index (χ1) is 12.5. The maximum absolute atomic E-state index is 12.8. The zero-order chi connectivity index (χ0) is 18.7. The smallest absolute Gasteiger partial charge is 0.254 e. The van der Waals surface area contributed by atoms with Gasteiger partial charge in [0.2, 0.25) is 5.91 Å². The Hall–Kier alpha value is -2.24. The molecule has 0 radical (unpaired) electrons. The Balaban J connectivity index is 1.74. The minimum atomic E-state index is -0.531. The van der Waals surface area contributed by atoms with Gasteiger partial charge in [-0.3, -0.25) is 9.59 Å². The third kappa shape index (κ3) is 3.94. The number of likely N-dealkylation sites (tertiary alicyclic amines) is 1. The summed E-state index contributed by atoms with van der Waals surface area (Å²) in [7, 11) is 1.57. The number of carbonyl (C=O) groups is 2. The third-order valence-electron chi connectivity index (χ3n) is 4.34. The second-order valence-electron chi connectivity index (χ2n) is 6.00. The molecule has 1 saturated heterocycles. The summed E-state index contributed by atoms with van der Waals surface area (Å²) in [6.45, 7) is 0.539. The van der Waals surface area contributed by atoms with E-state index in [2.05, 4.69) is 5.32 Å². The Bertz CT molecular complexity index is 824. The summed E-state index contributed by atoms with van der Waals surface area (Å²) in [5.74, 6) is 0.246. The highest BCUT2D eigenvalue weighted by atomic mass is 35.5. The molecule has 0 spiro atoms. The Labute approximate surface area is 161 Å². The quantitative estimate of drug-likeness (QED) is 0.845. The van der Waals surface area contributed by atoms with E-state index in [-0.39, 0.29) is 11.8 Å². The van der Waals surface area contributed by atoms with Crippen molar-refractivity contribution >= 4 is 40.7 Å². The van der Waals surface area contributed by atoms with Crippen molar-refractivity contribution in [2.45, 2.75) is 18.9 Å². The van der Waals surface area contributed by atoms with Gasteiger partial charge in [0, 0.05) is 17.1 Å². The zero-order valence-electron chi connectivity index (χ0n) is 14.2. The number of hydrogen-bond donors (Lipinski definition) is 1. The normalized spacial score (nSPS) is 16.4. The van der Waals surface area contributed by atoms with Crippen molar-refractivity contribution in [3.8, 4) is 5.75 Å². The van der Waals surface area contributed by atoms with E-state index in [1.165, 1.54) is 0 Å². The van der Waals surface area contributed by atoms with Crippen LogP contribution in [-0.2, 0) is 4.79 Å². The number of benzene rings is 2. The van der Waals surface area contributed by atoms with Crippen molar-refractivity contribution in [1.82, 2.24) is 4.90 Å². The van der Waals surface area contributed by atoms with Gasteiger partial charge in [-0.2, -0.15) is 0 Å². The van der Waals surface area contributed by atoms with Gasteiger partial charge in [-0.05, 0) is 55.3 Å². The van der Waals surface area contributed by atoms with Crippen LogP contribution in [0, 0.1) is 0 Å². The van der Waals surface area contributed by atoms with Gasteiger partial charge in [-0.15, -0.1) is 0 Å². The maximum Gasteiger partial charge on any atom is 0.254 e. The molecule has 0 unspecified atom stereocenters. The Morgan fingerprint density at radius 2 is 1.88 bits per heavy atom. The predicted molar refractivity (Wildman–Crippen MR) is 102 cm³/mol. The number of hydrogen-bond acceptors (Lipinski definition) is 3. The van der Waals surface area contributed by atoms with Crippen LogP contribution in [0.4, 0.5) is 5.69 Å². The van der Waals surface area contributed by atoms with Crippen molar-refractivity contribution < 1.29 is 14.3 Å². The lowest BCUT2D eigenvalue weighted by Crippen LogP contribution is -2.43. The number of nitrogens with one attached hydrogen (secondary N) is 1. The van der Waals surface area contributed by atoms with Crippen LogP contribution in [-0.4, -0.2) is 36.4 Å². The molecular weight excluding hydrogens is 375 g/mol. The van der Waals surface area contributed by atoms with Gasteiger partial charge < -0.3 is 15.0 Å². The monoisotopic (exact) mass is 392 g/mol. The molecule has 1 aliphatic rings. The highest BCUT2D eigenvalue weighted by molar-refractivity contribution is 6.36. The van der Waals surface area contributed by atoms with Gasteiger partial charge in [-0.25, -0.2) is 0 Å². The molecule has 1 heterocycles. The maximum atomic E-state index is 12.8. The molecule has 7 heteroatoms. The highest BCUT2D eigenvalue weighted by Gasteiger charge is 2.34. The van der Waals surface area contributed by atoms with Crippen LogP contribution in [0.3, 0.4) is 0 Å². The van der Waals surface area contributed by atoms with Gasteiger partial charge >= 0.3 is 0 Å². The average Bonchev–Trinajstić information content (AvgIpc) is 3.13. The van der Waals surface area contributed by atoms with Crippen LogP contribution in [0.15, 0.2) is 42.5 Å². The molecule has 0 aromatic heterocycles. The molecule has 3 rings (SSSR count). The van der Waals surface area contributed by atoms with Gasteiger partial charge in [0.1, 0.15) is 11.8 Å². The van der Waals surface area contributed by atoms with Crippen molar-refractivity contribution in [3.05, 3.63) is 58.1 Å². The Morgan fingerprint density at radius 1 is 1.15 bits per heavy atom. The molecule has 5 nitrogen and oxygen atoms in total. The molecule has 0 saturated carbocycles. The van der Waals surface area contributed by atoms with Crippen molar-refractivity contribution in [1.29, 1.82) is 0 Å². The molecule has 136 valence electrons. The van der Waals surface area contributed by atoms with E-state index in [0.717, 1.165) is 6.42 Å². The summed E-state index contributed by atoms with van der Waals surface area (Å²) in [6, 6.07) is 11.2. The molecule has 1 N–H and O–H groups in total. The summed E-state index contributed by atoms with van der Waals surface area (Å²) < 4.78 is 5.11. The zero-order valence-corrected chi connectivity index (χ0v) is 15.7. The number of anilines is 1. The first-order valence-electron chi connectivity index (χ1n) is 8.20. The minimum absolute atomic E-state index is 0.174. The molecule has 0 aliphatic carbocycles. The summed E-state index contributed by atoms with van der Waals surface area (Å²) in [6.07, 6.45) is 1.38. The van der Waals surface area contributed by atoms with E-state index in [9.17, 15) is 9.59 Å². The second-order valence-corrected chi connectivity index (χ2v) is 6.84. The largest absolute Gasteiger partial charge is 0.497 e. The number of nitrogens with zero attached hydrogens (tertiary/aromatic N) is 1. The standard InChI is InChI=1S/C19H18Cl2N2O3/c1-26-14-7-4-12(5-8-14)19(25)23-10-2-3-17(23)18(24)22-16-9-6-13(20)11-15(16)21/h4-9,11,17H,2-3,10H2,1H3,(H,22,24)/t17-/m0/s1. The van der Waals surface area contributed by atoms with Crippen LogP contribution < -0.4 is 10.1 Å². The van der Waals surface area contributed by atoms with E-state index in [4.69, 9.17) is 27.9 Å². The van der Waals surface area contributed by atoms with E-state index in [0.29, 0.717) is 40.0 Å². The number of rotatable bonds is 4. The number of methoxy groups -OCH3 is 1. The molecule has 1 fully saturated rings. The summed E-state index contributed by atoms with van der Waals surface area (Å²) in [5.41, 5.74) is 1.000. The highest BCUT2D eigenvalue weighted by Crippen LogP contribution is 2.27. The molecular formula is C19H18Cl2N2O3. The molecule has 2 aromatic carbocycles. The summed E-state index contributed by atoms with van der Waals surface area (Å²) >= 11 is 12.0. The molecule has 0 bridgehead atoms. The van der Waals surface area contributed by atoms with Crippen LogP contribution in [0.25, 0.3) is 0 Å². The van der Waals surface area contributed by atoms with Crippen molar-refractivity contribution in [2.24, 2.45) is 0 Å². The fourth-order valence-corrected chi connectivity index (χ4v) is 3.44. The molecule has 1 aliphatic heterocycles. The van der Waals surface area contributed by atoms with Crippen LogP contribution in [0.2, 0.25) is 10.0 Å². The summed E-state index contributed by atoms with van der Waals surface area (Å²) in [4.78, 5) is 27.1. The molecule has 2 aromatic rings. The van der Waals surface area contributed by atoms with Gasteiger partial charge in [0.15, 0.2) is 0 Å². The van der Waals surface area contributed by atoms with Crippen LogP contribution in [0.1, 0.15) is 23.2 Å². The van der Waals surface area contributed by atoms with Gasteiger partial charge in [0.05, 0.1) is 17.8 Å². The molecule has 1 atom stereocenters. The molecule has 26 heavy (non-hydrogen) atoms. The predicted octanol–water partition coefficient (Wildman–Crippen LogP) is 4.25. The number of halogens is 2. The van der Waals surface area contributed by atoms with E-state index in [1.807, 2.05) is 0 Å². The van der Waals surface area contributed by atoms with Gasteiger partial charge in [-0.1, -0.05) is 23.2 Å². The van der Waals surface area contributed by atoms with E-state index < -0.39 is 6.04 Å². The first-order valence-corrected chi connectivity index (χ1v) is 8.96. The second kappa shape index (κ2) is 7.98. The third-order valence-corrected chi connectivity index (χ3v) is 4.89. The van der Waals surface area contributed by atoms with Gasteiger partial charge in [0.25, 0.3) is 5.91 Å². The first kappa shape index (κ1) is 18.5. The lowest BCUT2D eigenvalue weighted by Gasteiger charge is -2.24. The molecule has 2 amide bonds. The topological polar surface area (TPSA) is 58.6 Å². The lowest BCUT2D eigenvalue weighted by molar-refractivity contribution is -0.119. The van der Waals surface area contributed by atoms with E-state index in [1.54, 1.807) is 54.5 Å². The van der Waals surface area contributed by atoms with Crippen LogP contribution >= 0.6 is 23.2 Å². The lowest BCUT2D eigenvalue weighted by atomic mass is 10.1. The Morgan fingerprint density at radius 3 is 2.54 bits per heavy atom. The van der Waals surface area contributed by atoms with Crippen LogP contribution in [0.5, 0.6) is 5.75 Å².